The number of hydrogen-bond acceptors (Lipinski definition) is 4. The zero-order chi connectivity index (χ0) is 21.9. The van der Waals surface area contributed by atoms with Crippen molar-refractivity contribution in [3.8, 4) is 0 Å². The molecule has 5 unspecified atom stereocenters. The molecule has 3 heterocycles. The van der Waals surface area contributed by atoms with Crippen LogP contribution in [0.2, 0.25) is 0 Å². The van der Waals surface area contributed by atoms with Crippen molar-refractivity contribution in [3.63, 3.8) is 0 Å². The third-order valence-corrected chi connectivity index (χ3v) is 7.16. The smallest absolute Gasteiger partial charge is 0.250 e. The van der Waals surface area contributed by atoms with Crippen molar-refractivity contribution in [1.82, 2.24) is 10.2 Å². The first-order valence-electron chi connectivity index (χ1n) is 10.7. The number of benzene rings is 2. The fourth-order valence-corrected chi connectivity index (χ4v) is 5.42. The number of anilines is 1. The largest absolute Gasteiger partial charge is 0.324 e. The van der Waals surface area contributed by atoms with Gasteiger partial charge in [-0.25, -0.2) is 4.39 Å². The molecule has 0 saturated carbocycles. The molecule has 0 aromatic heterocycles. The van der Waals surface area contributed by atoms with E-state index in [9.17, 15) is 18.8 Å². The number of carbonyl (C=O) groups excluding carboxylic acids is 3. The fourth-order valence-electron chi connectivity index (χ4n) is 5.42. The second-order valence-corrected chi connectivity index (χ2v) is 8.76. The van der Waals surface area contributed by atoms with Gasteiger partial charge in [0.2, 0.25) is 17.7 Å². The van der Waals surface area contributed by atoms with Crippen LogP contribution in [-0.4, -0.2) is 28.7 Å². The van der Waals surface area contributed by atoms with Gasteiger partial charge < -0.3 is 5.32 Å². The third kappa shape index (κ3) is 2.69. The SMILES string of the molecule is CCC(C)C1NC2(C(=O)Nc3ccccc32)C2C(=O)N(Cc3ccc(F)cc3)C(=O)C12. The summed E-state index contributed by atoms with van der Waals surface area (Å²) >= 11 is 0. The second-order valence-electron chi connectivity index (χ2n) is 8.76. The zero-order valence-electron chi connectivity index (χ0n) is 17.4. The molecule has 5 atom stereocenters. The van der Waals surface area contributed by atoms with Crippen molar-refractivity contribution in [3.05, 3.63) is 65.5 Å². The van der Waals surface area contributed by atoms with E-state index in [1.54, 1.807) is 12.1 Å². The molecule has 160 valence electrons. The van der Waals surface area contributed by atoms with E-state index in [0.717, 1.165) is 6.42 Å². The van der Waals surface area contributed by atoms with Crippen molar-refractivity contribution in [2.24, 2.45) is 17.8 Å². The number of fused-ring (bicyclic) bond motifs is 4. The molecule has 2 N–H and O–H groups in total. The van der Waals surface area contributed by atoms with E-state index in [1.165, 1.54) is 17.0 Å². The van der Waals surface area contributed by atoms with Crippen LogP contribution in [0.1, 0.15) is 31.4 Å². The van der Waals surface area contributed by atoms with E-state index in [4.69, 9.17) is 0 Å². The van der Waals surface area contributed by atoms with E-state index in [0.29, 0.717) is 16.8 Å². The summed E-state index contributed by atoms with van der Waals surface area (Å²) in [6.45, 7) is 4.14. The van der Waals surface area contributed by atoms with Crippen LogP contribution in [0.3, 0.4) is 0 Å². The molecule has 2 aromatic rings. The Kier molecular flexibility index (Phi) is 4.48. The summed E-state index contributed by atoms with van der Waals surface area (Å²) in [5, 5.41) is 6.35. The Morgan fingerprint density at radius 2 is 1.77 bits per heavy atom. The number of amides is 3. The van der Waals surface area contributed by atoms with Gasteiger partial charge in [0.25, 0.3) is 0 Å². The van der Waals surface area contributed by atoms with Gasteiger partial charge in [-0.15, -0.1) is 0 Å². The molecule has 3 aliphatic heterocycles. The lowest BCUT2D eigenvalue weighted by atomic mass is 9.75. The first-order valence-corrected chi connectivity index (χ1v) is 10.7. The summed E-state index contributed by atoms with van der Waals surface area (Å²) in [5.41, 5.74) is 0.785. The normalized spacial score (nSPS) is 30.0. The third-order valence-electron chi connectivity index (χ3n) is 7.16. The number of carbonyl (C=O) groups is 3. The van der Waals surface area contributed by atoms with Gasteiger partial charge in [0.1, 0.15) is 11.4 Å². The van der Waals surface area contributed by atoms with E-state index >= 15 is 0 Å². The number of likely N-dealkylation sites (tertiary alicyclic amines) is 1. The number of hydrogen-bond donors (Lipinski definition) is 2. The van der Waals surface area contributed by atoms with Crippen LogP contribution in [0.25, 0.3) is 0 Å². The summed E-state index contributed by atoms with van der Waals surface area (Å²) in [4.78, 5) is 41.7. The molecule has 3 amide bonds. The Balaban J connectivity index is 1.60. The van der Waals surface area contributed by atoms with Gasteiger partial charge in [0.05, 0.1) is 18.4 Å². The molecule has 1 spiro atoms. The van der Waals surface area contributed by atoms with Crippen LogP contribution in [0.4, 0.5) is 10.1 Å². The summed E-state index contributed by atoms with van der Waals surface area (Å²) in [6.07, 6.45) is 0.805. The molecular weight excluding hydrogens is 397 g/mol. The average Bonchev–Trinajstić information content (AvgIpc) is 3.36. The molecule has 0 bridgehead atoms. The molecule has 2 saturated heterocycles. The highest BCUT2D eigenvalue weighted by Gasteiger charge is 2.70. The maximum absolute atomic E-state index is 13.7. The predicted octanol–water partition coefficient (Wildman–Crippen LogP) is 2.79. The van der Waals surface area contributed by atoms with Gasteiger partial charge in [-0.05, 0) is 29.7 Å². The monoisotopic (exact) mass is 421 g/mol. The number of nitrogens with zero attached hydrogens (tertiary/aromatic N) is 1. The van der Waals surface area contributed by atoms with E-state index in [2.05, 4.69) is 10.6 Å². The van der Waals surface area contributed by atoms with E-state index < -0.39 is 17.4 Å². The molecule has 0 aliphatic carbocycles. The Bertz CT molecular complexity index is 1090. The molecule has 7 heteroatoms. The van der Waals surface area contributed by atoms with Crippen LogP contribution in [0, 0.1) is 23.6 Å². The molecule has 2 aromatic carbocycles. The summed E-state index contributed by atoms with van der Waals surface area (Å²) in [5.74, 6) is -2.65. The first-order chi connectivity index (χ1) is 14.9. The van der Waals surface area contributed by atoms with Crippen LogP contribution in [0.5, 0.6) is 0 Å². The topological polar surface area (TPSA) is 78.5 Å². The van der Waals surface area contributed by atoms with Crippen LogP contribution >= 0.6 is 0 Å². The van der Waals surface area contributed by atoms with Gasteiger partial charge in [-0.2, -0.15) is 0 Å². The van der Waals surface area contributed by atoms with Crippen molar-refractivity contribution >= 4 is 23.4 Å². The van der Waals surface area contributed by atoms with Gasteiger partial charge in [0, 0.05) is 17.3 Å². The quantitative estimate of drug-likeness (QED) is 0.745. The molecule has 2 fully saturated rings. The van der Waals surface area contributed by atoms with Crippen LogP contribution < -0.4 is 10.6 Å². The number of halogens is 1. The highest BCUT2D eigenvalue weighted by atomic mass is 19.1. The zero-order valence-corrected chi connectivity index (χ0v) is 17.4. The van der Waals surface area contributed by atoms with Crippen molar-refractivity contribution in [2.45, 2.75) is 38.4 Å². The summed E-state index contributed by atoms with van der Waals surface area (Å²) in [6, 6.07) is 12.8. The van der Waals surface area contributed by atoms with Gasteiger partial charge >= 0.3 is 0 Å². The van der Waals surface area contributed by atoms with Crippen molar-refractivity contribution in [1.29, 1.82) is 0 Å². The van der Waals surface area contributed by atoms with Gasteiger partial charge in [-0.3, -0.25) is 24.6 Å². The molecule has 5 rings (SSSR count). The van der Waals surface area contributed by atoms with Gasteiger partial charge in [-0.1, -0.05) is 50.6 Å². The van der Waals surface area contributed by atoms with E-state index in [1.807, 2.05) is 38.1 Å². The predicted molar refractivity (Wildman–Crippen MR) is 112 cm³/mol. The highest BCUT2D eigenvalue weighted by Crippen LogP contribution is 2.54. The molecule has 6 nitrogen and oxygen atoms in total. The summed E-state index contributed by atoms with van der Waals surface area (Å²) < 4.78 is 13.3. The first kappa shape index (κ1) is 19.9. The van der Waals surface area contributed by atoms with Crippen LogP contribution in [0.15, 0.2) is 48.5 Å². The van der Waals surface area contributed by atoms with Crippen molar-refractivity contribution in [2.75, 3.05) is 5.32 Å². The molecular formula is C24H24FN3O3. The summed E-state index contributed by atoms with van der Waals surface area (Å²) in [7, 11) is 0. The minimum Gasteiger partial charge on any atom is -0.324 e. The molecule has 0 radical (unpaired) electrons. The average molecular weight is 421 g/mol. The molecule has 31 heavy (non-hydrogen) atoms. The Morgan fingerprint density at radius 3 is 2.48 bits per heavy atom. The lowest BCUT2D eigenvalue weighted by Crippen LogP contribution is -2.54. The minimum atomic E-state index is -1.26. The maximum atomic E-state index is 13.7. The van der Waals surface area contributed by atoms with E-state index in [-0.39, 0.29) is 42.0 Å². The number of nitrogens with one attached hydrogen (secondary N) is 2. The Hall–Kier alpha value is -3.06. The second kappa shape index (κ2) is 6.99. The van der Waals surface area contributed by atoms with Crippen LogP contribution in [-0.2, 0) is 26.5 Å². The number of rotatable bonds is 4. The molecule has 3 aliphatic rings. The lowest BCUT2D eigenvalue weighted by molar-refractivity contribution is -0.143. The number of para-hydroxylation sites is 1. The fraction of sp³-hybridized carbons (Fsp3) is 0.375. The Morgan fingerprint density at radius 1 is 1.06 bits per heavy atom. The standard InChI is InChI=1S/C24H24FN3O3/c1-3-13(2)20-18-19(24(27-20)16-6-4-5-7-17(16)26-23(24)31)22(30)28(21(18)29)12-14-8-10-15(25)11-9-14/h4-11,13,18-20,27H,3,12H2,1-2H3,(H,26,31). The Labute approximate surface area is 179 Å². The number of imide groups is 1. The lowest BCUT2D eigenvalue weighted by Gasteiger charge is -2.30. The highest BCUT2D eigenvalue weighted by molar-refractivity contribution is 6.15. The maximum Gasteiger partial charge on any atom is 0.250 e. The van der Waals surface area contributed by atoms with Crippen molar-refractivity contribution < 1.29 is 18.8 Å². The minimum absolute atomic E-state index is 0.0670. The van der Waals surface area contributed by atoms with Gasteiger partial charge in [0.15, 0.2) is 0 Å².